The van der Waals surface area contributed by atoms with Crippen LogP contribution in [0.2, 0.25) is 0 Å². The van der Waals surface area contributed by atoms with E-state index in [0.717, 1.165) is 23.8 Å². The molecule has 1 saturated heterocycles. The van der Waals surface area contributed by atoms with Crippen molar-refractivity contribution in [2.24, 2.45) is 5.92 Å². The molecule has 0 bridgehead atoms. The fourth-order valence-electron chi connectivity index (χ4n) is 2.13. The first kappa shape index (κ1) is 11.6. The number of hydrogen-bond donors (Lipinski definition) is 2. The van der Waals surface area contributed by atoms with E-state index < -0.39 is 5.97 Å². The molecule has 3 nitrogen and oxygen atoms in total. The molecule has 2 rings (SSSR count). The lowest BCUT2D eigenvalue weighted by atomic mass is 9.95. The van der Waals surface area contributed by atoms with Crippen LogP contribution in [0.5, 0.6) is 0 Å². The summed E-state index contributed by atoms with van der Waals surface area (Å²) in [4.78, 5) is 13.0. The molecular weight excluding hydrogens is 222 g/mol. The summed E-state index contributed by atoms with van der Waals surface area (Å²) in [5, 5.41) is 12.5. The maximum absolute atomic E-state index is 11.0. The largest absolute Gasteiger partial charge is 0.478 e. The van der Waals surface area contributed by atoms with E-state index in [1.807, 2.05) is 13.0 Å². The van der Waals surface area contributed by atoms with Gasteiger partial charge in [-0.15, -0.1) is 11.3 Å². The molecule has 0 aliphatic carbocycles. The van der Waals surface area contributed by atoms with E-state index >= 15 is 0 Å². The van der Waals surface area contributed by atoms with Gasteiger partial charge in [0, 0.05) is 15.8 Å². The summed E-state index contributed by atoms with van der Waals surface area (Å²) in [5.74, 6) is -0.0829. The van der Waals surface area contributed by atoms with Crippen molar-refractivity contribution in [2.45, 2.75) is 32.7 Å². The van der Waals surface area contributed by atoms with Crippen LogP contribution in [0.25, 0.3) is 0 Å². The summed E-state index contributed by atoms with van der Waals surface area (Å²) in [6.45, 7) is 5.15. The van der Waals surface area contributed by atoms with Crippen molar-refractivity contribution >= 4 is 17.3 Å². The van der Waals surface area contributed by atoms with Crippen molar-refractivity contribution in [3.05, 3.63) is 21.4 Å². The summed E-state index contributed by atoms with van der Waals surface area (Å²) in [6, 6.07) is 2.18. The van der Waals surface area contributed by atoms with Gasteiger partial charge in [-0.05, 0) is 38.3 Å². The Balaban J connectivity index is 2.15. The van der Waals surface area contributed by atoms with Crippen molar-refractivity contribution in [3.8, 4) is 0 Å². The van der Waals surface area contributed by atoms with Gasteiger partial charge in [-0.2, -0.15) is 0 Å². The second kappa shape index (κ2) is 4.55. The van der Waals surface area contributed by atoms with E-state index in [-0.39, 0.29) is 0 Å². The molecule has 0 aromatic carbocycles. The van der Waals surface area contributed by atoms with Crippen molar-refractivity contribution in [3.63, 3.8) is 0 Å². The Morgan fingerprint density at radius 3 is 2.81 bits per heavy atom. The van der Waals surface area contributed by atoms with Crippen molar-refractivity contribution in [1.82, 2.24) is 5.32 Å². The van der Waals surface area contributed by atoms with Crippen LogP contribution >= 0.6 is 11.3 Å². The monoisotopic (exact) mass is 239 g/mol. The zero-order valence-electron chi connectivity index (χ0n) is 9.62. The topological polar surface area (TPSA) is 49.3 Å². The van der Waals surface area contributed by atoms with Crippen LogP contribution in [0.15, 0.2) is 6.07 Å². The molecule has 1 aromatic heterocycles. The Labute approximate surface area is 99.5 Å². The van der Waals surface area contributed by atoms with Crippen LogP contribution in [-0.2, 0) is 0 Å². The van der Waals surface area contributed by atoms with Gasteiger partial charge in [0.05, 0.1) is 5.56 Å². The third kappa shape index (κ3) is 2.28. The number of aryl methyl sites for hydroxylation is 1. The summed E-state index contributed by atoms with van der Waals surface area (Å²) in [6.07, 6.45) is 2.33. The molecule has 4 heteroatoms. The van der Waals surface area contributed by atoms with Crippen LogP contribution in [0.1, 0.15) is 45.9 Å². The van der Waals surface area contributed by atoms with Crippen molar-refractivity contribution in [1.29, 1.82) is 0 Å². The van der Waals surface area contributed by atoms with Gasteiger partial charge in [-0.25, -0.2) is 4.79 Å². The molecule has 2 heterocycles. The van der Waals surface area contributed by atoms with Crippen LogP contribution in [0.4, 0.5) is 0 Å². The van der Waals surface area contributed by atoms with E-state index in [1.165, 1.54) is 11.3 Å². The Kier molecular flexibility index (Phi) is 3.30. The van der Waals surface area contributed by atoms with E-state index in [1.54, 1.807) is 11.3 Å². The number of thiophene rings is 1. The summed E-state index contributed by atoms with van der Waals surface area (Å²) in [5.41, 5.74) is 0.459. The average Bonchev–Trinajstić information content (AvgIpc) is 2.61. The quantitative estimate of drug-likeness (QED) is 0.834. The van der Waals surface area contributed by atoms with E-state index in [9.17, 15) is 4.79 Å². The van der Waals surface area contributed by atoms with E-state index in [0.29, 0.717) is 11.6 Å². The highest BCUT2D eigenvalue weighted by Crippen LogP contribution is 2.32. The molecule has 1 fully saturated rings. The summed E-state index contributed by atoms with van der Waals surface area (Å²) < 4.78 is 0. The molecule has 0 radical (unpaired) electrons. The van der Waals surface area contributed by atoms with Crippen LogP contribution in [-0.4, -0.2) is 17.6 Å². The van der Waals surface area contributed by atoms with Gasteiger partial charge in [-0.1, -0.05) is 6.92 Å². The molecule has 1 aliphatic rings. The molecule has 88 valence electrons. The lowest BCUT2D eigenvalue weighted by Crippen LogP contribution is -2.31. The molecular formula is C12H17NO2S. The van der Waals surface area contributed by atoms with Gasteiger partial charge in [0.25, 0.3) is 0 Å². The minimum absolute atomic E-state index is 0.355. The van der Waals surface area contributed by atoms with E-state index in [2.05, 4.69) is 12.2 Å². The Morgan fingerprint density at radius 2 is 2.31 bits per heavy atom. The first-order valence-corrected chi connectivity index (χ1v) is 6.46. The second-order valence-electron chi connectivity index (χ2n) is 4.57. The zero-order chi connectivity index (χ0) is 11.7. The number of hydrogen-bond acceptors (Lipinski definition) is 3. The number of nitrogens with one attached hydrogen (secondary N) is 1. The molecule has 1 aliphatic heterocycles. The van der Waals surface area contributed by atoms with Gasteiger partial charge in [0.1, 0.15) is 0 Å². The normalized spacial score (nSPS) is 25.6. The maximum Gasteiger partial charge on any atom is 0.336 e. The molecule has 0 spiro atoms. The molecule has 16 heavy (non-hydrogen) atoms. The predicted molar refractivity (Wildman–Crippen MR) is 65.2 cm³/mol. The third-order valence-corrected chi connectivity index (χ3v) is 4.34. The summed E-state index contributed by atoms with van der Waals surface area (Å²) >= 11 is 1.61. The Morgan fingerprint density at radius 1 is 1.56 bits per heavy atom. The number of carboxylic acid groups (broad SMARTS) is 1. The minimum atomic E-state index is -0.816. The first-order chi connectivity index (χ1) is 7.58. The average molecular weight is 239 g/mol. The van der Waals surface area contributed by atoms with Crippen LogP contribution in [0, 0.1) is 12.8 Å². The summed E-state index contributed by atoms with van der Waals surface area (Å²) in [7, 11) is 0. The van der Waals surface area contributed by atoms with Gasteiger partial charge >= 0.3 is 5.97 Å². The number of rotatable bonds is 2. The number of carboxylic acids is 1. The van der Waals surface area contributed by atoms with E-state index in [4.69, 9.17) is 5.11 Å². The van der Waals surface area contributed by atoms with Crippen molar-refractivity contribution < 1.29 is 9.90 Å². The highest BCUT2D eigenvalue weighted by atomic mass is 32.1. The van der Waals surface area contributed by atoms with Gasteiger partial charge in [-0.3, -0.25) is 0 Å². The number of carbonyl (C=O) groups is 1. The molecule has 2 N–H and O–H groups in total. The van der Waals surface area contributed by atoms with Gasteiger partial charge < -0.3 is 10.4 Å². The maximum atomic E-state index is 11.0. The standard InChI is InChI=1S/C12H17NO2S/c1-7-3-4-10(13-6-7)11-5-9(12(14)15)8(2)16-11/h5,7,10,13H,3-4,6H2,1-2H3,(H,14,15). The molecule has 2 unspecified atom stereocenters. The number of piperidine rings is 1. The molecule has 1 aromatic rings. The molecule has 0 amide bonds. The lowest BCUT2D eigenvalue weighted by Gasteiger charge is -2.26. The Hall–Kier alpha value is -0.870. The highest BCUT2D eigenvalue weighted by Gasteiger charge is 2.22. The smallest absolute Gasteiger partial charge is 0.336 e. The van der Waals surface area contributed by atoms with Gasteiger partial charge in [0.2, 0.25) is 0 Å². The SMILES string of the molecule is Cc1sc(C2CCC(C)CN2)cc1C(=O)O. The first-order valence-electron chi connectivity index (χ1n) is 5.65. The van der Waals surface area contributed by atoms with Gasteiger partial charge in [0.15, 0.2) is 0 Å². The highest BCUT2D eigenvalue weighted by molar-refractivity contribution is 7.12. The lowest BCUT2D eigenvalue weighted by molar-refractivity contribution is 0.0696. The fraction of sp³-hybridized carbons (Fsp3) is 0.583. The molecule has 2 atom stereocenters. The second-order valence-corrected chi connectivity index (χ2v) is 5.86. The third-order valence-electron chi connectivity index (χ3n) is 3.17. The van der Waals surface area contributed by atoms with Crippen LogP contribution < -0.4 is 5.32 Å². The fourth-order valence-corrected chi connectivity index (χ4v) is 3.26. The predicted octanol–water partition coefficient (Wildman–Crippen LogP) is 2.82. The molecule has 0 saturated carbocycles. The van der Waals surface area contributed by atoms with Crippen molar-refractivity contribution in [2.75, 3.05) is 6.54 Å². The minimum Gasteiger partial charge on any atom is -0.478 e. The zero-order valence-corrected chi connectivity index (χ0v) is 10.4. The Bertz CT molecular complexity index is 392. The van der Waals surface area contributed by atoms with Crippen LogP contribution in [0.3, 0.4) is 0 Å². The number of aromatic carboxylic acids is 1.